The molecule has 0 bridgehead atoms. The van der Waals surface area contributed by atoms with E-state index in [1.54, 1.807) is 67.0 Å². The number of carbonyl (C=O) groups excluding carboxylic acids is 2. The van der Waals surface area contributed by atoms with Crippen LogP contribution in [0.5, 0.6) is 5.75 Å². The summed E-state index contributed by atoms with van der Waals surface area (Å²) >= 11 is 0. The Morgan fingerprint density at radius 2 is 1.65 bits per heavy atom. The van der Waals surface area contributed by atoms with E-state index in [1.807, 2.05) is 28.4 Å². The molecular formula is C49H60FN17O4. The number of benzene rings is 2. The molecule has 6 aromatic rings. The third-order valence-corrected chi connectivity index (χ3v) is 12.8. The van der Waals surface area contributed by atoms with Crippen molar-refractivity contribution in [2.75, 3.05) is 130 Å². The quantitative estimate of drug-likeness (QED) is 0.0879. The average Bonchev–Trinajstić information content (AvgIpc) is 3.84. The van der Waals surface area contributed by atoms with Crippen LogP contribution in [0.3, 0.4) is 0 Å². The number of hydrogen-bond donors (Lipinski definition) is 4. The molecule has 0 spiro atoms. The monoisotopic (exact) mass is 973 g/mol. The number of methoxy groups -OCH3 is 1. The van der Waals surface area contributed by atoms with Crippen LogP contribution < -0.4 is 40.7 Å². The second-order valence-corrected chi connectivity index (χ2v) is 17.5. The zero-order valence-electron chi connectivity index (χ0n) is 42.8. The van der Waals surface area contributed by atoms with Gasteiger partial charge in [0.2, 0.25) is 5.91 Å². The molecule has 22 heteroatoms. The molecule has 0 saturated carbocycles. The van der Waals surface area contributed by atoms with E-state index in [0.717, 1.165) is 81.7 Å². The first kappa shape index (κ1) is 44.5. The molecule has 0 unspecified atom stereocenters. The third-order valence-electron chi connectivity index (χ3n) is 12.8. The Morgan fingerprint density at radius 3 is 2.42 bits per heavy atom. The first-order valence-corrected chi connectivity index (χ1v) is 23.7. The Morgan fingerprint density at radius 1 is 0.803 bits per heavy atom. The van der Waals surface area contributed by atoms with Crippen molar-refractivity contribution in [3.63, 3.8) is 0 Å². The maximum Gasteiger partial charge on any atom is 0.273 e. The number of aryl methyl sites for hydroxylation is 1. The van der Waals surface area contributed by atoms with Crippen molar-refractivity contribution in [1.82, 2.24) is 55.0 Å². The van der Waals surface area contributed by atoms with Gasteiger partial charge in [0.1, 0.15) is 35.9 Å². The van der Waals surface area contributed by atoms with E-state index in [0.29, 0.717) is 74.5 Å². The van der Waals surface area contributed by atoms with E-state index in [9.17, 15) is 14.0 Å². The van der Waals surface area contributed by atoms with E-state index in [-0.39, 0.29) is 35.0 Å². The number of piperidine rings is 1. The second kappa shape index (κ2) is 22.8. The van der Waals surface area contributed by atoms with E-state index >= 15 is 0 Å². The summed E-state index contributed by atoms with van der Waals surface area (Å²) in [7, 11) is 3.24. The number of ether oxygens (including phenoxy) is 2. The van der Waals surface area contributed by atoms with Crippen molar-refractivity contribution in [2.45, 2.75) is 25.3 Å². The van der Waals surface area contributed by atoms with Gasteiger partial charge < -0.3 is 50.3 Å². The predicted molar refractivity (Wildman–Crippen MR) is 269 cm³/mol. The number of amides is 2. The van der Waals surface area contributed by atoms with Crippen molar-refractivity contribution in [2.24, 2.45) is 7.05 Å². The first-order valence-electron chi connectivity index (χ1n) is 25.2. The van der Waals surface area contributed by atoms with Gasteiger partial charge in [-0.2, -0.15) is 5.10 Å². The van der Waals surface area contributed by atoms with Crippen LogP contribution in [-0.4, -0.2) is 167 Å². The highest BCUT2D eigenvalue weighted by Crippen LogP contribution is 2.37. The molecule has 3 aliphatic heterocycles. The standard InChI is InChI=1S/C49H60FN17O4/c1-51-49(69)46-40(57-39-11-5-10-38(47(39)70-3)48-55-33-62(2)61-48)28-43(59-60-46)58-41-13-12-37(30-52-41)64-20-22-66(23-21-64)45(68)14-25-71-26-24-63-16-18-65(19-17-63)44-29-42(53-32-54-44)56-35-8-6-15-67(31-35)36-9-4-7-34(50)27-36/h4-5,7,9-13,27-30,32-33,35H,6,8,14-26,31H2,1-3H3,(H,51,69)(H,53,54,56)(H2,52,57,58,59)/t35-/m1/s1/i1D3. The lowest BCUT2D eigenvalue weighted by atomic mass is 10.0. The molecule has 2 aromatic carbocycles. The van der Waals surface area contributed by atoms with E-state index in [4.69, 9.17) is 13.6 Å². The maximum absolute atomic E-state index is 13.9. The second-order valence-electron chi connectivity index (χ2n) is 17.5. The Labute approximate surface area is 416 Å². The Bertz CT molecular complexity index is 2860. The van der Waals surface area contributed by atoms with Gasteiger partial charge in [0.05, 0.1) is 55.6 Å². The van der Waals surface area contributed by atoms with Gasteiger partial charge >= 0.3 is 0 Å². The summed E-state index contributed by atoms with van der Waals surface area (Å²) in [4.78, 5) is 55.2. The molecule has 4 aromatic heterocycles. The normalized spacial score (nSPS) is 17.2. The summed E-state index contributed by atoms with van der Waals surface area (Å²) in [5.41, 5.74) is 2.69. The third kappa shape index (κ3) is 12.2. The van der Waals surface area contributed by atoms with Crippen molar-refractivity contribution in [1.29, 1.82) is 0 Å². The fourth-order valence-electron chi connectivity index (χ4n) is 9.03. The van der Waals surface area contributed by atoms with Crippen LogP contribution in [0.2, 0.25) is 0 Å². The molecule has 372 valence electrons. The van der Waals surface area contributed by atoms with Crippen LogP contribution in [0.4, 0.5) is 50.4 Å². The van der Waals surface area contributed by atoms with Crippen LogP contribution in [0, 0.1) is 5.82 Å². The van der Waals surface area contributed by atoms with Gasteiger partial charge in [-0.3, -0.25) is 19.2 Å². The van der Waals surface area contributed by atoms with Gasteiger partial charge in [0.15, 0.2) is 23.1 Å². The number of anilines is 8. The molecule has 2 amide bonds. The Kier molecular flexibility index (Phi) is 14.3. The highest BCUT2D eigenvalue weighted by Gasteiger charge is 2.25. The lowest BCUT2D eigenvalue weighted by molar-refractivity contribution is -0.132. The zero-order valence-corrected chi connectivity index (χ0v) is 39.8. The van der Waals surface area contributed by atoms with Gasteiger partial charge in [0, 0.05) is 114 Å². The minimum Gasteiger partial charge on any atom is -0.494 e. The molecule has 9 rings (SSSR count). The Hall–Kier alpha value is -7.72. The number of halogens is 1. The fraction of sp³-hybridized carbons (Fsp3) is 0.408. The number of piperazine rings is 2. The molecule has 4 N–H and O–H groups in total. The van der Waals surface area contributed by atoms with Crippen LogP contribution in [0.15, 0.2) is 85.6 Å². The highest BCUT2D eigenvalue weighted by molar-refractivity contribution is 5.99. The van der Waals surface area contributed by atoms with E-state index in [2.05, 4.69) is 70.8 Å². The van der Waals surface area contributed by atoms with Crippen LogP contribution >= 0.6 is 0 Å². The van der Waals surface area contributed by atoms with Gasteiger partial charge in [-0.15, -0.1) is 10.2 Å². The zero-order chi connectivity index (χ0) is 51.6. The molecule has 0 radical (unpaired) electrons. The number of aromatic nitrogens is 8. The first-order chi connectivity index (χ1) is 35.8. The largest absolute Gasteiger partial charge is 0.494 e. The van der Waals surface area contributed by atoms with E-state index < -0.39 is 12.9 Å². The fourth-order valence-corrected chi connectivity index (χ4v) is 9.03. The van der Waals surface area contributed by atoms with Gasteiger partial charge in [-0.1, -0.05) is 12.1 Å². The number of carbonyl (C=O) groups is 2. The van der Waals surface area contributed by atoms with Crippen LogP contribution in [0.1, 0.15) is 33.9 Å². The molecule has 3 saturated heterocycles. The topological polar surface area (TPSA) is 212 Å². The van der Waals surface area contributed by atoms with Gasteiger partial charge in [0.25, 0.3) is 5.91 Å². The highest BCUT2D eigenvalue weighted by atomic mass is 19.1. The number of rotatable bonds is 18. The minimum absolute atomic E-state index is 0.0651. The molecule has 71 heavy (non-hydrogen) atoms. The average molecular weight is 973 g/mol. The lowest BCUT2D eigenvalue weighted by Gasteiger charge is -2.36. The maximum atomic E-state index is 13.9. The molecule has 1 atom stereocenters. The van der Waals surface area contributed by atoms with Crippen molar-refractivity contribution in [3.8, 4) is 17.1 Å². The number of nitrogens with one attached hydrogen (secondary N) is 4. The summed E-state index contributed by atoms with van der Waals surface area (Å²) in [6.45, 7) is 6.43. The summed E-state index contributed by atoms with van der Waals surface area (Å²) in [6.07, 6.45) is 7.24. The van der Waals surface area contributed by atoms with Crippen LogP contribution in [0.25, 0.3) is 11.4 Å². The summed E-state index contributed by atoms with van der Waals surface area (Å²) in [5.74, 6) is 2.05. The summed E-state index contributed by atoms with van der Waals surface area (Å²) in [6, 6.07) is 19.5. The number of nitrogens with zero attached hydrogens (tertiary/aromatic N) is 13. The number of pyridine rings is 1. The summed E-state index contributed by atoms with van der Waals surface area (Å²) in [5, 5.41) is 24.5. The summed E-state index contributed by atoms with van der Waals surface area (Å²) < 4.78 is 49.8. The molecule has 7 heterocycles. The Balaban J connectivity index is 0.696. The van der Waals surface area contributed by atoms with Gasteiger partial charge in [-0.05, 0) is 55.3 Å². The predicted octanol–water partition coefficient (Wildman–Crippen LogP) is 4.41. The van der Waals surface area contributed by atoms with Crippen molar-refractivity contribution < 1.29 is 27.6 Å². The lowest BCUT2D eigenvalue weighted by Crippen LogP contribution is -2.49. The smallest absolute Gasteiger partial charge is 0.273 e. The van der Waals surface area contributed by atoms with Crippen molar-refractivity contribution in [3.05, 3.63) is 97.1 Å². The molecule has 21 nitrogen and oxygen atoms in total. The minimum atomic E-state index is -2.76. The molecular weight excluding hydrogens is 910 g/mol. The van der Waals surface area contributed by atoms with Crippen molar-refractivity contribution >= 4 is 57.8 Å². The van der Waals surface area contributed by atoms with Gasteiger partial charge in [-0.25, -0.2) is 24.3 Å². The number of para-hydroxylation sites is 1. The molecule has 0 aliphatic carbocycles. The van der Waals surface area contributed by atoms with E-state index in [1.165, 1.54) is 19.2 Å². The molecule has 3 aliphatic rings. The SMILES string of the molecule is [2H]C([2H])([2H])NC(=O)c1nnc(Nc2ccc(N3CCN(C(=O)CCOCCN4CCN(c5cc(N[C@@H]6CCCN(c7cccc(F)c7)C6)ncn5)CC4)CC3)cn2)cc1Nc1cccc(-c2ncn(C)n2)c1OC. The van der Waals surface area contributed by atoms with Crippen LogP contribution in [-0.2, 0) is 16.6 Å². The molecule has 3 fully saturated rings. The number of hydrogen-bond acceptors (Lipinski definition) is 18.